The van der Waals surface area contributed by atoms with Gasteiger partial charge in [-0.2, -0.15) is 11.8 Å². The fraction of sp³-hybridized carbons (Fsp3) is 0.455. The van der Waals surface area contributed by atoms with Crippen LogP contribution in [0.1, 0.15) is 12.0 Å². The zero-order valence-corrected chi connectivity index (χ0v) is 18.9. The summed E-state index contributed by atoms with van der Waals surface area (Å²) in [5.41, 5.74) is 2.57. The summed E-state index contributed by atoms with van der Waals surface area (Å²) in [7, 11) is 1.81. The van der Waals surface area contributed by atoms with Crippen LogP contribution in [0.2, 0.25) is 5.02 Å². The summed E-state index contributed by atoms with van der Waals surface area (Å²) >= 11 is 8.34. The number of nitrogens with one attached hydrogen (secondary N) is 2. The van der Waals surface area contributed by atoms with Crippen LogP contribution in [0.25, 0.3) is 0 Å². The van der Waals surface area contributed by atoms with E-state index < -0.39 is 0 Å². The highest BCUT2D eigenvalue weighted by Gasteiger charge is 2.25. The third-order valence-electron chi connectivity index (χ3n) is 5.56. The van der Waals surface area contributed by atoms with Gasteiger partial charge < -0.3 is 20.4 Å². The second-order valence-corrected chi connectivity index (χ2v) is 9.21. The maximum Gasteiger partial charge on any atom is 0.191 e. The number of aliphatic imine (C=N–C) groups is 1. The van der Waals surface area contributed by atoms with Crippen molar-refractivity contribution in [2.45, 2.75) is 19.0 Å². The lowest BCUT2D eigenvalue weighted by atomic mass is 10.2. The van der Waals surface area contributed by atoms with Gasteiger partial charge in [-0.05, 0) is 36.2 Å². The summed E-state index contributed by atoms with van der Waals surface area (Å²) < 4.78 is 0. The Morgan fingerprint density at radius 2 is 1.97 bits per heavy atom. The lowest BCUT2D eigenvalue weighted by Crippen LogP contribution is -2.44. The molecule has 0 radical (unpaired) electrons. The Morgan fingerprint density at radius 3 is 2.70 bits per heavy atom. The smallest absolute Gasteiger partial charge is 0.191 e. The molecule has 1 aromatic carbocycles. The Hall–Kier alpha value is -2.12. The van der Waals surface area contributed by atoms with Gasteiger partial charge >= 0.3 is 0 Å². The maximum atomic E-state index is 6.30. The second-order valence-electron chi connectivity index (χ2n) is 7.58. The van der Waals surface area contributed by atoms with Gasteiger partial charge in [-0.25, -0.2) is 4.98 Å². The number of aromatic nitrogens is 1. The molecule has 0 amide bonds. The van der Waals surface area contributed by atoms with Gasteiger partial charge in [0.2, 0.25) is 0 Å². The summed E-state index contributed by atoms with van der Waals surface area (Å²) in [6.07, 6.45) is 2.81. The Balaban J connectivity index is 1.27. The van der Waals surface area contributed by atoms with E-state index >= 15 is 0 Å². The van der Waals surface area contributed by atoms with Crippen molar-refractivity contribution in [3.63, 3.8) is 0 Å². The first-order valence-corrected chi connectivity index (χ1v) is 12.0. The van der Waals surface area contributed by atoms with E-state index in [-0.39, 0.29) is 0 Å². The first kappa shape index (κ1) is 21.1. The van der Waals surface area contributed by atoms with Gasteiger partial charge in [0.05, 0.1) is 5.02 Å². The molecule has 2 aliphatic heterocycles. The van der Waals surface area contributed by atoms with Crippen LogP contribution in [0.5, 0.6) is 0 Å². The lowest BCUT2D eigenvalue weighted by Gasteiger charge is -2.28. The third-order valence-corrected chi connectivity index (χ3v) is 6.80. The molecule has 0 spiro atoms. The first-order valence-electron chi connectivity index (χ1n) is 10.5. The number of hydrogen-bond donors (Lipinski definition) is 2. The van der Waals surface area contributed by atoms with Gasteiger partial charge in [-0.15, -0.1) is 0 Å². The van der Waals surface area contributed by atoms with E-state index in [9.17, 15) is 0 Å². The predicted molar refractivity (Wildman–Crippen MR) is 129 cm³/mol. The minimum Gasteiger partial charge on any atom is -0.370 e. The molecule has 2 fully saturated rings. The zero-order chi connectivity index (χ0) is 20.8. The standard InChI is InChI=1S/C22H29ClN6S/c1-24-22(27-18-8-10-29(16-18)21-20(23)3-2-9-25-21)26-15-17-4-6-19(7-5-17)28-11-13-30-14-12-28/h2-7,9,18H,8,10-16H2,1H3,(H2,24,26,27). The number of pyridine rings is 1. The molecule has 2 aromatic rings. The maximum absolute atomic E-state index is 6.30. The minimum atomic E-state index is 0.314. The van der Waals surface area contributed by atoms with Crippen LogP contribution >= 0.6 is 23.4 Å². The zero-order valence-electron chi connectivity index (χ0n) is 17.4. The van der Waals surface area contributed by atoms with Crippen LogP contribution in [0.4, 0.5) is 11.5 Å². The molecule has 4 rings (SSSR count). The van der Waals surface area contributed by atoms with E-state index in [1.165, 1.54) is 22.8 Å². The SMILES string of the molecule is CN=C(NCc1ccc(N2CCSCC2)cc1)NC1CCN(c2ncccc2Cl)C1. The van der Waals surface area contributed by atoms with Crippen molar-refractivity contribution < 1.29 is 0 Å². The van der Waals surface area contributed by atoms with Crippen molar-refractivity contribution in [3.8, 4) is 0 Å². The molecule has 30 heavy (non-hydrogen) atoms. The Morgan fingerprint density at radius 1 is 1.17 bits per heavy atom. The summed E-state index contributed by atoms with van der Waals surface area (Å²) in [6.45, 7) is 4.82. The number of rotatable bonds is 5. The minimum absolute atomic E-state index is 0.314. The molecule has 1 unspecified atom stereocenters. The number of guanidine groups is 1. The molecule has 1 atom stereocenters. The fourth-order valence-electron chi connectivity index (χ4n) is 3.90. The van der Waals surface area contributed by atoms with Crippen molar-refractivity contribution >= 4 is 40.8 Å². The van der Waals surface area contributed by atoms with E-state index in [1.807, 2.05) is 30.9 Å². The molecule has 0 saturated carbocycles. The average Bonchev–Trinajstić information content (AvgIpc) is 3.26. The molecule has 3 heterocycles. The van der Waals surface area contributed by atoms with Crippen LogP contribution in [-0.2, 0) is 6.54 Å². The molecule has 2 aliphatic rings. The second kappa shape index (κ2) is 10.3. The normalized spacial score (nSPS) is 19.8. The predicted octanol–water partition coefficient (Wildman–Crippen LogP) is 3.23. The average molecular weight is 445 g/mol. The van der Waals surface area contributed by atoms with Crippen molar-refractivity contribution in [1.82, 2.24) is 15.6 Å². The van der Waals surface area contributed by atoms with Gasteiger partial charge in [0.15, 0.2) is 5.96 Å². The number of thioether (sulfide) groups is 1. The molecule has 0 bridgehead atoms. The van der Waals surface area contributed by atoms with Crippen molar-refractivity contribution in [2.24, 2.45) is 4.99 Å². The Kier molecular flexibility index (Phi) is 7.23. The topological polar surface area (TPSA) is 55.8 Å². The monoisotopic (exact) mass is 444 g/mol. The third kappa shape index (κ3) is 5.32. The lowest BCUT2D eigenvalue weighted by molar-refractivity contribution is 0.648. The van der Waals surface area contributed by atoms with Gasteiger partial charge in [0.25, 0.3) is 0 Å². The first-order chi connectivity index (χ1) is 14.7. The highest BCUT2D eigenvalue weighted by Crippen LogP contribution is 2.25. The fourth-order valence-corrected chi connectivity index (χ4v) is 5.04. The highest BCUT2D eigenvalue weighted by molar-refractivity contribution is 7.99. The van der Waals surface area contributed by atoms with Crippen molar-refractivity contribution in [3.05, 3.63) is 53.2 Å². The van der Waals surface area contributed by atoms with E-state index in [2.05, 4.69) is 54.7 Å². The van der Waals surface area contributed by atoms with E-state index in [1.54, 1.807) is 6.20 Å². The van der Waals surface area contributed by atoms with Crippen LogP contribution < -0.4 is 20.4 Å². The van der Waals surface area contributed by atoms with Crippen molar-refractivity contribution in [2.75, 3.05) is 54.5 Å². The van der Waals surface area contributed by atoms with Crippen LogP contribution in [-0.4, -0.2) is 61.7 Å². The van der Waals surface area contributed by atoms with Crippen LogP contribution in [0.3, 0.4) is 0 Å². The summed E-state index contributed by atoms with van der Waals surface area (Å²) in [5.74, 6) is 4.12. The summed E-state index contributed by atoms with van der Waals surface area (Å²) in [6, 6.07) is 12.9. The number of anilines is 2. The summed E-state index contributed by atoms with van der Waals surface area (Å²) in [5, 5.41) is 7.67. The van der Waals surface area contributed by atoms with Gasteiger partial charge in [-0.1, -0.05) is 23.7 Å². The number of nitrogens with zero attached hydrogens (tertiary/aromatic N) is 4. The van der Waals surface area contributed by atoms with Gasteiger partial charge in [0, 0.05) is 69.2 Å². The van der Waals surface area contributed by atoms with Crippen LogP contribution in [0.15, 0.2) is 47.6 Å². The Labute approximate surface area is 188 Å². The molecule has 2 saturated heterocycles. The van der Waals surface area contributed by atoms with E-state index in [0.29, 0.717) is 11.1 Å². The molecule has 1 aromatic heterocycles. The van der Waals surface area contributed by atoms with Crippen LogP contribution in [0, 0.1) is 0 Å². The van der Waals surface area contributed by atoms with Gasteiger partial charge in [0.1, 0.15) is 5.82 Å². The largest absolute Gasteiger partial charge is 0.370 e. The molecule has 8 heteroatoms. The molecule has 160 valence electrons. The quantitative estimate of drug-likeness (QED) is 0.545. The highest BCUT2D eigenvalue weighted by atomic mass is 35.5. The molecular formula is C22H29ClN6S. The van der Waals surface area contributed by atoms with E-state index in [4.69, 9.17) is 11.6 Å². The number of benzene rings is 1. The molecular weight excluding hydrogens is 416 g/mol. The molecule has 0 aliphatic carbocycles. The molecule has 2 N–H and O–H groups in total. The van der Waals surface area contributed by atoms with E-state index in [0.717, 1.165) is 50.9 Å². The van der Waals surface area contributed by atoms with Gasteiger partial charge in [-0.3, -0.25) is 4.99 Å². The number of halogens is 1. The number of hydrogen-bond acceptors (Lipinski definition) is 5. The van der Waals surface area contributed by atoms with Crippen molar-refractivity contribution in [1.29, 1.82) is 0 Å². The Bertz CT molecular complexity index is 853. The molecule has 6 nitrogen and oxygen atoms in total. The summed E-state index contributed by atoms with van der Waals surface area (Å²) in [4.78, 5) is 13.5.